The highest BCUT2D eigenvalue weighted by atomic mass is 32.2. The third-order valence-electron chi connectivity index (χ3n) is 4.12. The van der Waals surface area contributed by atoms with Crippen LogP contribution >= 0.6 is 0 Å². The number of anilines is 2. The first kappa shape index (κ1) is 18.9. The Balaban J connectivity index is 1.84. The minimum absolute atomic E-state index is 0.0226. The molecule has 0 aliphatic carbocycles. The molecule has 0 spiro atoms. The Kier molecular flexibility index (Phi) is 5.46. The average molecular weight is 388 g/mol. The van der Waals surface area contributed by atoms with Crippen molar-refractivity contribution in [2.75, 3.05) is 16.2 Å². The third kappa shape index (κ3) is 4.11. The highest BCUT2D eigenvalue weighted by molar-refractivity contribution is 7.92. The van der Waals surface area contributed by atoms with E-state index in [0.717, 1.165) is 4.90 Å². The lowest BCUT2D eigenvalue weighted by Gasteiger charge is -2.25. The van der Waals surface area contributed by atoms with Crippen LogP contribution in [0.2, 0.25) is 0 Å². The van der Waals surface area contributed by atoms with Crippen LogP contribution < -0.4 is 14.4 Å². The first-order chi connectivity index (χ1) is 12.9. The molecule has 1 N–H and O–H groups in total. The lowest BCUT2D eigenvalue weighted by molar-refractivity contribution is -0.129. The summed E-state index contributed by atoms with van der Waals surface area (Å²) in [5.41, 5.74) is 0.711. The van der Waals surface area contributed by atoms with Gasteiger partial charge in [-0.25, -0.2) is 8.42 Å². The quantitative estimate of drug-likeness (QED) is 0.768. The number of imide groups is 1. The normalized spacial score (nSPS) is 14.9. The van der Waals surface area contributed by atoms with Crippen LogP contribution in [0.25, 0.3) is 0 Å². The Bertz CT molecular complexity index is 938. The molecular weight excluding hydrogens is 368 g/mol. The molecule has 27 heavy (non-hydrogen) atoms. The smallest absolute Gasteiger partial charge is 0.262 e. The molecule has 1 heterocycles. The number of piperidine rings is 1. The van der Waals surface area contributed by atoms with Crippen molar-refractivity contribution < 1.29 is 22.7 Å². The molecular formula is C19H20N2O5S. The monoisotopic (exact) mass is 388 g/mol. The van der Waals surface area contributed by atoms with Gasteiger partial charge in [-0.2, -0.15) is 0 Å². The highest BCUT2D eigenvalue weighted by Crippen LogP contribution is 2.28. The van der Waals surface area contributed by atoms with Crippen molar-refractivity contribution in [3.63, 3.8) is 0 Å². The summed E-state index contributed by atoms with van der Waals surface area (Å²) in [4.78, 5) is 25.1. The van der Waals surface area contributed by atoms with Crippen LogP contribution in [0.5, 0.6) is 5.75 Å². The maximum Gasteiger partial charge on any atom is 0.262 e. The largest absolute Gasteiger partial charge is 0.492 e. The van der Waals surface area contributed by atoms with Gasteiger partial charge in [-0.15, -0.1) is 0 Å². The van der Waals surface area contributed by atoms with Gasteiger partial charge in [-0.3, -0.25) is 19.2 Å². The van der Waals surface area contributed by atoms with Crippen LogP contribution in [0.4, 0.5) is 11.4 Å². The zero-order valence-electron chi connectivity index (χ0n) is 14.8. The SMILES string of the molecule is CCOc1ccccc1NS(=O)(=O)c1ccc(N2C(=O)CCCC2=O)cc1. The summed E-state index contributed by atoms with van der Waals surface area (Å²) in [6.07, 6.45) is 1.16. The molecule has 0 aromatic heterocycles. The van der Waals surface area contributed by atoms with E-state index in [1.54, 1.807) is 24.3 Å². The molecule has 7 nitrogen and oxygen atoms in total. The molecule has 1 aliphatic rings. The van der Waals surface area contributed by atoms with Crippen molar-refractivity contribution in [1.82, 2.24) is 0 Å². The minimum Gasteiger partial charge on any atom is -0.492 e. The Morgan fingerprint density at radius 2 is 1.63 bits per heavy atom. The van der Waals surface area contributed by atoms with E-state index in [2.05, 4.69) is 4.72 Å². The lowest BCUT2D eigenvalue weighted by Crippen LogP contribution is -2.40. The van der Waals surface area contributed by atoms with E-state index < -0.39 is 10.0 Å². The molecule has 0 atom stereocenters. The Morgan fingerprint density at radius 3 is 2.26 bits per heavy atom. The predicted molar refractivity (Wildman–Crippen MR) is 101 cm³/mol. The van der Waals surface area contributed by atoms with Gasteiger partial charge < -0.3 is 4.74 Å². The van der Waals surface area contributed by atoms with E-state index in [-0.39, 0.29) is 16.7 Å². The molecule has 3 rings (SSSR count). The molecule has 1 fully saturated rings. The van der Waals surface area contributed by atoms with Crippen molar-refractivity contribution in [2.24, 2.45) is 0 Å². The van der Waals surface area contributed by atoms with Crippen LogP contribution in [-0.2, 0) is 19.6 Å². The number of sulfonamides is 1. The maximum atomic E-state index is 12.7. The van der Waals surface area contributed by atoms with Crippen molar-refractivity contribution in [1.29, 1.82) is 0 Å². The van der Waals surface area contributed by atoms with Crippen molar-refractivity contribution in [3.05, 3.63) is 48.5 Å². The van der Waals surface area contributed by atoms with Crippen LogP contribution in [-0.4, -0.2) is 26.8 Å². The van der Waals surface area contributed by atoms with Crippen molar-refractivity contribution in [3.8, 4) is 5.75 Å². The fourth-order valence-corrected chi connectivity index (χ4v) is 3.92. The zero-order valence-corrected chi connectivity index (χ0v) is 15.7. The molecule has 1 saturated heterocycles. The summed E-state index contributed by atoms with van der Waals surface area (Å²) in [5, 5.41) is 0. The number of hydrogen-bond donors (Lipinski definition) is 1. The number of amides is 2. The van der Waals surface area contributed by atoms with Gasteiger partial charge in [0.1, 0.15) is 5.75 Å². The summed E-state index contributed by atoms with van der Waals surface area (Å²) in [6, 6.07) is 12.4. The summed E-state index contributed by atoms with van der Waals surface area (Å²) in [6.45, 7) is 2.22. The number of rotatable bonds is 6. The molecule has 8 heteroatoms. The molecule has 0 bridgehead atoms. The predicted octanol–water partition coefficient (Wildman–Crippen LogP) is 2.93. The van der Waals surface area contributed by atoms with Gasteiger partial charge in [0.15, 0.2) is 0 Å². The van der Waals surface area contributed by atoms with Gasteiger partial charge in [-0.1, -0.05) is 12.1 Å². The number of para-hydroxylation sites is 2. The second-order valence-corrected chi connectivity index (χ2v) is 7.69. The first-order valence-electron chi connectivity index (χ1n) is 8.63. The third-order valence-corrected chi connectivity index (χ3v) is 5.50. The Morgan fingerprint density at radius 1 is 1.00 bits per heavy atom. The lowest BCUT2D eigenvalue weighted by atomic mass is 10.1. The molecule has 2 aromatic carbocycles. The molecule has 142 valence electrons. The summed E-state index contributed by atoms with van der Waals surface area (Å²) < 4.78 is 33.3. The van der Waals surface area contributed by atoms with Crippen LogP contribution in [0.3, 0.4) is 0 Å². The number of carbonyl (C=O) groups is 2. The van der Waals surface area contributed by atoms with Gasteiger partial charge in [0.25, 0.3) is 10.0 Å². The van der Waals surface area contributed by atoms with E-state index in [1.807, 2.05) is 6.92 Å². The molecule has 1 aliphatic heterocycles. The molecule has 2 aromatic rings. The summed E-state index contributed by atoms with van der Waals surface area (Å²) in [5.74, 6) is -0.110. The minimum atomic E-state index is -3.85. The number of hydrogen-bond acceptors (Lipinski definition) is 5. The number of carbonyl (C=O) groups excluding carboxylic acids is 2. The number of nitrogens with zero attached hydrogens (tertiary/aromatic N) is 1. The van der Waals surface area contributed by atoms with Crippen molar-refractivity contribution in [2.45, 2.75) is 31.1 Å². The molecule has 2 amide bonds. The molecule has 0 saturated carbocycles. The highest BCUT2D eigenvalue weighted by Gasteiger charge is 2.27. The van der Waals surface area contributed by atoms with Crippen LogP contribution in [0, 0.1) is 0 Å². The van der Waals surface area contributed by atoms with E-state index in [1.165, 1.54) is 24.3 Å². The van der Waals surface area contributed by atoms with E-state index in [9.17, 15) is 18.0 Å². The maximum absolute atomic E-state index is 12.7. The van der Waals surface area contributed by atoms with E-state index in [4.69, 9.17) is 4.74 Å². The van der Waals surface area contributed by atoms with E-state index in [0.29, 0.717) is 43.0 Å². The van der Waals surface area contributed by atoms with E-state index >= 15 is 0 Å². The average Bonchev–Trinajstić information content (AvgIpc) is 2.64. The van der Waals surface area contributed by atoms with Gasteiger partial charge in [0, 0.05) is 12.8 Å². The second-order valence-electron chi connectivity index (χ2n) is 6.01. The summed E-state index contributed by atoms with van der Waals surface area (Å²) >= 11 is 0. The second kappa shape index (κ2) is 7.79. The van der Waals surface area contributed by atoms with Gasteiger partial charge >= 0.3 is 0 Å². The van der Waals surface area contributed by atoms with Gasteiger partial charge in [0.05, 0.1) is 22.9 Å². The van der Waals surface area contributed by atoms with Gasteiger partial charge in [-0.05, 0) is 49.7 Å². The standard InChI is InChI=1S/C19H20N2O5S/c1-2-26-17-7-4-3-6-16(17)20-27(24,25)15-12-10-14(11-13-15)21-18(22)8-5-9-19(21)23/h3-4,6-7,10-13,20H,2,5,8-9H2,1H3. The van der Waals surface area contributed by atoms with Crippen molar-refractivity contribution >= 4 is 33.2 Å². The Hall–Kier alpha value is -2.87. The number of ether oxygens (including phenoxy) is 1. The molecule has 0 radical (unpaired) electrons. The fraction of sp³-hybridized carbons (Fsp3) is 0.263. The number of nitrogens with one attached hydrogen (secondary N) is 1. The fourth-order valence-electron chi connectivity index (χ4n) is 2.85. The summed E-state index contributed by atoms with van der Waals surface area (Å²) in [7, 11) is -3.85. The first-order valence-corrected chi connectivity index (χ1v) is 10.1. The van der Waals surface area contributed by atoms with Crippen LogP contribution in [0.1, 0.15) is 26.2 Å². The zero-order chi connectivity index (χ0) is 19.4. The molecule has 0 unspecified atom stereocenters. The topological polar surface area (TPSA) is 92.8 Å². The van der Waals surface area contributed by atoms with Crippen LogP contribution in [0.15, 0.2) is 53.4 Å². The van der Waals surface area contributed by atoms with Gasteiger partial charge in [0.2, 0.25) is 11.8 Å². The Labute approximate surface area is 158 Å². The number of benzene rings is 2.